The highest BCUT2D eigenvalue weighted by Gasteiger charge is 1.94. The van der Waals surface area contributed by atoms with Crippen LogP contribution in [0.3, 0.4) is 0 Å². The van der Waals surface area contributed by atoms with Crippen molar-refractivity contribution in [3.8, 4) is 0 Å². The summed E-state index contributed by atoms with van der Waals surface area (Å²) in [5, 5.41) is 0. The molecule has 1 aliphatic rings. The Morgan fingerprint density at radius 3 is 2.00 bits per heavy atom. The van der Waals surface area contributed by atoms with E-state index in [1.165, 1.54) is 0 Å². The van der Waals surface area contributed by atoms with Crippen molar-refractivity contribution in [2.24, 2.45) is 0 Å². The van der Waals surface area contributed by atoms with Crippen LogP contribution in [0.1, 0.15) is 5.48 Å². The molecule has 0 spiro atoms. The molecule has 1 saturated heterocycles. The summed E-state index contributed by atoms with van der Waals surface area (Å²) in [5.74, 6) is 0. The van der Waals surface area contributed by atoms with Gasteiger partial charge in [0.1, 0.15) is 0 Å². The van der Waals surface area contributed by atoms with Crippen molar-refractivity contribution in [1.29, 1.82) is 0 Å². The molecular formula is C2H6O2. The van der Waals surface area contributed by atoms with E-state index in [0.29, 0.717) is 0 Å². The van der Waals surface area contributed by atoms with Crippen molar-refractivity contribution >= 4 is 0 Å². The molecule has 0 bridgehead atoms. The molecular weight excluding hydrogens is 56.0 g/mol. The molecule has 0 atom stereocenters. The fourth-order valence-corrected chi connectivity index (χ4v) is 0. The van der Waals surface area contributed by atoms with Gasteiger partial charge in [-0.2, -0.15) is 0 Å². The number of ether oxygens (including phenoxy) is 1. The maximum Gasteiger partial charge on any atom is 0.0701 e. The van der Waals surface area contributed by atoms with Gasteiger partial charge in [-0.05, 0) is 0 Å². The van der Waals surface area contributed by atoms with E-state index in [1.807, 2.05) is 0 Å². The summed E-state index contributed by atoms with van der Waals surface area (Å²) in [6.07, 6.45) is 0. The Labute approximate surface area is 30.3 Å². The van der Waals surface area contributed by atoms with Crippen molar-refractivity contribution in [2.75, 3.05) is 13.1 Å². The van der Waals surface area contributed by atoms with E-state index < -0.39 is 13.1 Å². The summed E-state index contributed by atoms with van der Waals surface area (Å²) < 4.78 is 30.0. The van der Waals surface area contributed by atoms with Gasteiger partial charge in [-0.3, -0.25) is 0 Å². The third-order valence-corrected chi connectivity index (χ3v) is 0.102. The third kappa shape index (κ3) is 1.92. The van der Waals surface area contributed by atoms with Crippen LogP contribution in [-0.4, -0.2) is 18.6 Å². The molecule has 0 aromatic carbocycles. The smallest absolute Gasteiger partial charge is 0.0701 e. The highest BCUT2D eigenvalue weighted by Crippen LogP contribution is 1.84. The second kappa shape index (κ2) is 1.26. The first-order chi connectivity index (χ1) is 2.96. The van der Waals surface area contributed by atoms with E-state index in [0.717, 1.165) is 0 Å². The molecule has 0 aromatic rings. The Morgan fingerprint density at radius 2 is 2.00 bits per heavy atom. The van der Waals surface area contributed by atoms with Crippen LogP contribution in [0.15, 0.2) is 0 Å². The molecule has 2 N–H and O–H groups in total. The standard InChI is InChI=1S/C2H4O.H2O/c1-2-3-1;/h1-2H2;1H2/i1D2,2D2;. The lowest BCUT2D eigenvalue weighted by atomic mass is 11.0. The zero-order chi connectivity index (χ0) is 5.71. The molecule has 0 amide bonds. The van der Waals surface area contributed by atoms with Crippen LogP contribution in [0.2, 0.25) is 0 Å². The first kappa shape index (κ1) is 0.698. The van der Waals surface area contributed by atoms with Gasteiger partial charge >= 0.3 is 0 Å². The van der Waals surface area contributed by atoms with Gasteiger partial charge < -0.3 is 10.2 Å². The number of epoxide rings is 1. The minimum Gasteiger partial charge on any atom is -0.412 e. The summed E-state index contributed by atoms with van der Waals surface area (Å²) in [4.78, 5) is 0. The first-order valence-electron chi connectivity index (χ1n) is 2.66. The molecule has 0 aromatic heterocycles. The molecule has 4 heavy (non-hydrogen) atoms. The Morgan fingerprint density at radius 1 is 1.75 bits per heavy atom. The zero-order valence-corrected chi connectivity index (χ0v) is 1.91. The van der Waals surface area contributed by atoms with Gasteiger partial charge in [-0.15, -0.1) is 0 Å². The van der Waals surface area contributed by atoms with Crippen molar-refractivity contribution < 1.29 is 15.7 Å². The van der Waals surface area contributed by atoms with Gasteiger partial charge in [0.15, 0.2) is 0 Å². The predicted molar refractivity (Wildman–Crippen MR) is 14.4 cm³/mol. The summed E-state index contributed by atoms with van der Waals surface area (Å²) >= 11 is 0. The lowest BCUT2D eigenvalue weighted by Crippen LogP contribution is -1.20. The fourth-order valence-electron chi connectivity index (χ4n) is 0. The lowest BCUT2D eigenvalue weighted by molar-refractivity contribution is 0.475. The fraction of sp³-hybridized carbons (Fsp3) is 1.00. The summed E-state index contributed by atoms with van der Waals surface area (Å²) in [6.45, 7) is -4.04. The zero-order valence-electron chi connectivity index (χ0n) is 5.91. The van der Waals surface area contributed by atoms with Crippen LogP contribution < -0.4 is 0 Å². The molecule has 0 radical (unpaired) electrons. The van der Waals surface area contributed by atoms with Crippen molar-refractivity contribution in [2.45, 2.75) is 0 Å². The van der Waals surface area contributed by atoms with Crippen molar-refractivity contribution in [3.05, 3.63) is 0 Å². The van der Waals surface area contributed by atoms with E-state index in [9.17, 15) is 0 Å². The highest BCUT2D eigenvalue weighted by molar-refractivity contribution is 4.36. The van der Waals surface area contributed by atoms with Gasteiger partial charge in [0, 0.05) is 0 Å². The topological polar surface area (TPSA) is 44.0 Å². The molecule has 2 nitrogen and oxygen atoms in total. The average Bonchev–Trinajstić information content (AvgIpc) is 1.63. The van der Waals surface area contributed by atoms with E-state index in [1.54, 1.807) is 0 Å². The maximum absolute atomic E-state index is 6.52. The normalized spacial score (nSPS) is 58.0. The van der Waals surface area contributed by atoms with E-state index >= 15 is 0 Å². The molecule has 0 unspecified atom stereocenters. The largest absolute Gasteiger partial charge is 0.412 e. The lowest BCUT2D eigenvalue weighted by Gasteiger charge is -1.24. The number of hydrogen-bond acceptors (Lipinski definition) is 1. The molecule has 0 aliphatic carbocycles. The molecule has 26 valence electrons. The van der Waals surface area contributed by atoms with Gasteiger partial charge in [-0.25, -0.2) is 0 Å². The maximum atomic E-state index is 6.52. The summed E-state index contributed by atoms with van der Waals surface area (Å²) in [5.41, 5.74) is 0. The number of rotatable bonds is 0. The van der Waals surface area contributed by atoms with Crippen LogP contribution in [0, 0.1) is 0 Å². The highest BCUT2D eigenvalue weighted by atomic mass is 16.6. The van der Waals surface area contributed by atoms with Gasteiger partial charge in [0.2, 0.25) is 0 Å². The first-order valence-corrected chi connectivity index (χ1v) is 0.658. The Balaban J connectivity index is 0.000000490. The molecule has 1 rings (SSSR count). The van der Waals surface area contributed by atoms with Crippen LogP contribution in [0.25, 0.3) is 0 Å². The predicted octanol–water partition coefficient (Wildman–Crippen LogP) is -0.808. The Bertz CT molecular complexity index is 88.2. The van der Waals surface area contributed by atoms with Crippen LogP contribution in [0.5, 0.6) is 0 Å². The minimum absolute atomic E-state index is 0. The van der Waals surface area contributed by atoms with Gasteiger partial charge in [0.05, 0.1) is 18.6 Å². The molecule has 1 aliphatic heterocycles. The number of hydrogen-bond donors (Lipinski definition) is 0. The van der Waals surface area contributed by atoms with E-state index in [-0.39, 0.29) is 5.48 Å². The summed E-state index contributed by atoms with van der Waals surface area (Å²) in [6, 6.07) is 0. The van der Waals surface area contributed by atoms with Crippen molar-refractivity contribution in [3.63, 3.8) is 0 Å². The van der Waals surface area contributed by atoms with Crippen LogP contribution >= 0.6 is 0 Å². The SMILES string of the molecule is O.[2H]C1([2H])OC1([2H])[2H]. The summed E-state index contributed by atoms with van der Waals surface area (Å²) in [7, 11) is 0. The molecule has 0 saturated carbocycles. The van der Waals surface area contributed by atoms with Crippen molar-refractivity contribution in [1.82, 2.24) is 0 Å². The quantitative estimate of drug-likeness (QED) is 0.341. The second-order valence-electron chi connectivity index (χ2n) is 0.306. The Kier molecular flexibility index (Phi) is 0.220. The average molecular weight is 66.1 g/mol. The third-order valence-electron chi connectivity index (χ3n) is 0.102. The van der Waals surface area contributed by atoms with Gasteiger partial charge in [-0.1, -0.05) is 0 Å². The van der Waals surface area contributed by atoms with E-state index in [2.05, 4.69) is 4.74 Å². The van der Waals surface area contributed by atoms with Crippen LogP contribution in [0.4, 0.5) is 0 Å². The molecule has 1 heterocycles. The molecule has 1 fully saturated rings. The molecule has 2 heteroatoms. The van der Waals surface area contributed by atoms with Gasteiger partial charge in [0.25, 0.3) is 0 Å². The second-order valence-corrected chi connectivity index (χ2v) is 0.306. The Hall–Kier alpha value is -0.0800. The monoisotopic (exact) mass is 66.1 g/mol. The minimum atomic E-state index is -2.02. The van der Waals surface area contributed by atoms with E-state index in [4.69, 9.17) is 5.48 Å². The van der Waals surface area contributed by atoms with Crippen LogP contribution in [-0.2, 0) is 4.74 Å².